The molecule has 1 aliphatic heterocycles. The molecule has 2 heteroatoms. The van der Waals surface area contributed by atoms with E-state index in [4.69, 9.17) is 0 Å². The molecular formula is C68H116N2. The lowest BCUT2D eigenvalue weighted by Crippen LogP contribution is -2.45. The largest absolute Gasteiger partial charge is 0.301 e. The quantitative estimate of drug-likeness (QED) is 0.222. The van der Waals surface area contributed by atoms with Crippen LogP contribution in [0.3, 0.4) is 0 Å². The summed E-state index contributed by atoms with van der Waals surface area (Å²) in [6.07, 6.45) is 26.7. The minimum atomic E-state index is 0.0708. The van der Waals surface area contributed by atoms with Gasteiger partial charge in [0.05, 0.1) is 0 Å². The summed E-state index contributed by atoms with van der Waals surface area (Å²) in [7, 11) is 0. The predicted molar refractivity (Wildman–Crippen MR) is 313 cm³/mol. The Morgan fingerprint density at radius 3 is 0.814 bits per heavy atom. The topological polar surface area (TPSA) is 6.48 Å². The van der Waals surface area contributed by atoms with Crippen molar-refractivity contribution in [1.82, 2.24) is 9.80 Å². The summed E-state index contributed by atoms with van der Waals surface area (Å²) >= 11 is 0. The lowest BCUT2D eigenvalue weighted by atomic mass is 9.59. The van der Waals surface area contributed by atoms with Crippen molar-refractivity contribution in [3.63, 3.8) is 0 Å². The molecular weight excluding hydrogens is 845 g/mol. The van der Waals surface area contributed by atoms with Crippen LogP contribution in [0.1, 0.15) is 232 Å². The molecule has 0 unspecified atom stereocenters. The van der Waals surface area contributed by atoms with Gasteiger partial charge in [0, 0.05) is 31.6 Å². The van der Waals surface area contributed by atoms with E-state index in [2.05, 4.69) is 193 Å². The molecule has 2 nitrogen and oxygen atoms in total. The summed E-state index contributed by atoms with van der Waals surface area (Å²) in [5.41, 5.74) is 8.70. The average Bonchev–Trinajstić information content (AvgIpc) is 3.37. The van der Waals surface area contributed by atoms with Crippen LogP contribution >= 0.6 is 0 Å². The fourth-order valence-electron chi connectivity index (χ4n) is 12.0. The zero-order chi connectivity index (χ0) is 51.7. The highest BCUT2D eigenvalue weighted by Gasteiger charge is 2.39. The molecule has 1 heterocycles. The molecule has 5 aliphatic rings. The minimum Gasteiger partial charge on any atom is -0.301 e. The number of hydrogen-bond acceptors (Lipinski definition) is 2. The third-order valence-corrected chi connectivity index (χ3v) is 18.7. The van der Waals surface area contributed by atoms with Gasteiger partial charge in [-0.05, 0) is 130 Å². The average molecular weight is 962 g/mol. The second kappa shape index (κ2) is 32.7. The van der Waals surface area contributed by atoms with Crippen LogP contribution in [0, 0.1) is 80.5 Å². The predicted octanol–water partition coefficient (Wildman–Crippen LogP) is 19.7. The number of likely N-dealkylation sites (N-methyl/N-ethyl adjacent to an activating group) is 2. The standard InChI is InChI=1S/C17H32.C17H20.C10H20.C8H18N2.C8H16.C8H10/c2*1-13-5-9-15(10-6-13)17(3,4)16-11-7-14(2)8-12-16;2*1-3-9-5-7-10(4-2)8-6-9;2*1-7-3-5-8(2)6-4-7/h13-16H,5-12H2,1-4H3;5-12H,1-4H3;9-10H,3-8H2,1-2H3;3-8H2,1-2H3;7-8H,3-6H2,1-2H3;3-6H,1-2H3. The third kappa shape index (κ3) is 22.8. The third-order valence-electron chi connectivity index (χ3n) is 18.7. The summed E-state index contributed by atoms with van der Waals surface area (Å²) in [6.45, 7) is 44.4. The Morgan fingerprint density at radius 2 is 0.586 bits per heavy atom. The lowest BCUT2D eigenvalue weighted by molar-refractivity contribution is 0.0421. The number of hydrogen-bond donors (Lipinski definition) is 0. The van der Waals surface area contributed by atoms with Crippen molar-refractivity contribution in [2.75, 3.05) is 39.3 Å². The van der Waals surface area contributed by atoms with Crippen LogP contribution in [-0.2, 0) is 5.41 Å². The minimum absolute atomic E-state index is 0.0708. The first kappa shape index (κ1) is 61.9. The highest BCUT2D eigenvalue weighted by molar-refractivity contribution is 5.39. The van der Waals surface area contributed by atoms with Crippen molar-refractivity contribution in [2.45, 2.75) is 232 Å². The number of piperazine rings is 1. The number of nitrogens with zero attached hydrogens (tertiary/aromatic N) is 2. The van der Waals surface area contributed by atoms with E-state index in [-0.39, 0.29) is 5.41 Å². The summed E-state index contributed by atoms with van der Waals surface area (Å²) in [6, 6.07) is 26.1. The Balaban J connectivity index is 0.000000229. The van der Waals surface area contributed by atoms with Crippen molar-refractivity contribution < 1.29 is 0 Å². The normalized spacial score (nSPS) is 26.4. The maximum absolute atomic E-state index is 2.58. The van der Waals surface area contributed by atoms with E-state index in [1.54, 1.807) is 0 Å². The first-order valence-electron chi connectivity index (χ1n) is 29.9. The molecule has 398 valence electrons. The molecule has 70 heavy (non-hydrogen) atoms. The second-order valence-corrected chi connectivity index (χ2v) is 25.2. The van der Waals surface area contributed by atoms with E-state index in [9.17, 15) is 0 Å². The zero-order valence-electron chi connectivity index (χ0n) is 49.4. The molecule has 0 amide bonds. The molecule has 4 aliphatic carbocycles. The van der Waals surface area contributed by atoms with Gasteiger partial charge in [-0.25, -0.2) is 0 Å². The van der Waals surface area contributed by atoms with Crippen LogP contribution in [0.2, 0.25) is 0 Å². The zero-order valence-corrected chi connectivity index (χ0v) is 49.4. The van der Waals surface area contributed by atoms with Crippen molar-refractivity contribution >= 4 is 0 Å². The van der Waals surface area contributed by atoms with Gasteiger partial charge in [0.15, 0.2) is 0 Å². The van der Waals surface area contributed by atoms with Gasteiger partial charge in [0.2, 0.25) is 0 Å². The van der Waals surface area contributed by atoms with Crippen molar-refractivity contribution in [1.29, 1.82) is 0 Å². The monoisotopic (exact) mass is 961 g/mol. The van der Waals surface area contributed by atoms with Crippen LogP contribution in [0.5, 0.6) is 0 Å². The summed E-state index contributed by atoms with van der Waals surface area (Å²) in [4.78, 5) is 5.01. The van der Waals surface area contributed by atoms with Gasteiger partial charge in [0.25, 0.3) is 0 Å². The highest BCUT2D eigenvalue weighted by atomic mass is 15.2. The molecule has 4 saturated carbocycles. The van der Waals surface area contributed by atoms with E-state index in [1.807, 2.05) is 0 Å². The molecule has 3 aromatic carbocycles. The van der Waals surface area contributed by atoms with Gasteiger partial charge >= 0.3 is 0 Å². The highest BCUT2D eigenvalue weighted by Crippen LogP contribution is 2.49. The summed E-state index contributed by atoms with van der Waals surface area (Å²) in [5, 5.41) is 0. The van der Waals surface area contributed by atoms with Crippen molar-refractivity contribution in [3.8, 4) is 0 Å². The molecule has 3 aromatic rings. The van der Waals surface area contributed by atoms with E-state index in [0.29, 0.717) is 5.41 Å². The summed E-state index contributed by atoms with van der Waals surface area (Å²) < 4.78 is 0. The van der Waals surface area contributed by atoms with Crippen molar-refractivity contribution in [3.05, 3.63) is 106 Å². The first-order chi connectivity index (χ1) is 33.3. The molecule has 5 fully saturated rings. The first-order valence-corrected chi connectivity index (χ1v) is 29.9. The summed E-state index contributed by atoms with van der Waals surface area (Å²) in [5.74, 6) is 8.19. The molecule has 0 atom stereocenters. The Labute approximate surface area is 437 Å². The Morgan fingerprint density at radius 1 is 0.357 bits per heavy atom. The molecule has 0 aromatic heterocycles. The molecule has 0 N–H and O–H groups in total. The van der Waals surface area contributed by atoms with Gasteiger partial charge in [-0.15, -0.1) is 0 Å². The molecule has 1 saturated heterocycles. The fourth-order valence-corrected chi connectivity index (χ4v) is 12.0. The maximum Gasteiger partial charge on any atom is 0.0146 e. The van der Waals surface area contributed by atoms with E-state index >= 15 is 0 Å². The lowest BCUT2D eigenvalue weighted by Gasteiger charge is -2.46. The Kier molecular flexibility index (Phi) is 28.9. The Hall–Kier alpha value is -2.42. The van der Waals surface area contributed by atoms with Gasteiger partial charge < -0.3 is 9.80 Å². The number of rotatable bonds is 8. The number of aryl methyl sites for hydroxylation is 4. The Bertz CT molecular complexity index is 1560. The van der Waals surface area contributed by atoms with E-state index < -0.39 is 0 Å². The van der Waals surface area contributed by atoms with Crippen molar-refractivity contribution in [2.24, 2.45) is 52.8 Å². The van der Waals surface area contributed by atoms with Crippen LogP contribution in [-0.4, -0.2) is 49.1 Å². The van der Waals surface area contributed by atoms with E-state index in [0.717, 1.165) is 47.3 Å². The second-order valence-electron chi connectivity index (χ2n) is 25.2. The fraction of sp³-hybridized carbons (Fsp3) is 0.735. The van der Waals surface area contributed by atoms with Crippen LogP contribution in [0.4, 0.5) is 0 Å². The SMILES string of the molecule is CC1CCC(C(C)(C)C2CCC(C)CC2)CC1.CC1CCC(C)CC1.CCC1CCC(CC)CC1.CCN1CCN(CC)CC1.Cc1ccc(C(C)(C)c2ccc(C)cc2)cc1.Cc1ccc(C)cc1. The molecule has 0 radical (unpaired) electrons. The van der Waals surface area contributed by atoms with Gasteiger partial charge in [0.1, 0.15) is 0 Å². The van der Waals surface area contributed by atoms with Crippen LogP contribution in [0.15, 0.2) is 72.8 Å². The number of benzene rings is 3. The van der Waals surface area contributed by atoms with Gasteiger partial charge in [-0.2, -0.15) is 0 Å². The van der Waals surface area contributed by atoms with Gasteiger partial charge in [-0.3, -0.25) is 0 Å². The van der Waals surface area contributed by atoms with Gasteiger partial charge in [-0.1, -0.05) is 268 Å². The van der Waals surface area contributed by atoms with E-state index in [1.165, 1.54) is 188 Å². The maximum atomic E-state index is 2.58. The molecule has 0 spiro atoms. The molecule has 0 bridgehead atoms. The molecule has 8 rings (SSSR count). The smallest absolute Gasteiger partial charge is 0.0146 e. The van der Waals surface area contributed by atoms with Crippen LogP contribution < -0.4 is 0 Å². The van der Waals surface area contributed by atoms with Crippen LogP contribution in [0.25, 0.3) is 0 Å².